The molecule has 0 amide bonds. The maximum Gasteiger partial charge on any atom is 0.125 e. The molecule has 1 N–H and O–H groups in total. The van der Waals surface area contributed by atoms with Crippen molar-refractivity contribution in [2.24, 2.45) is 0 Å². The molecule has 0 aliphatic heterocycles. The first-order chi connectivity index (χ1) is 7.50. The molecule has 0 saturated heterocycles. The van der Waals surface area contributed by atoms with Crippen LogP contribution >= 0.6 is 0 Å². The molecular weight excluding hydrogens is 202 g/mol. The highest BCUT2D eigenvalue weighted by Crippen LogP contribution is 2.26. The minimum Gasteiger partial charge on any atom is -0.492 e. The van der Waals surface area contributed by atoms with Crippen LogP contribution in [0.5, 0.6) is 5.75 Å². The van der Waals surface area contributed by atoms with Crippen molar-refractivity contribution in [2.75, 3.05) is 27.2 Å². The van der Waals surface area contributed by atoms with E-state index >= 15 is 0 Å². The quantitative estimate of drug-likeness (QED) is 0.828. The summed E-state index contributed by atoms with van der Waals surface area (Å²) in [7, 11) is 4.02. The molecular formula is C13H21NO2. The number of aryl methyl sites for hydroxylation is 1. The van der Waals surface area contributed by atoms with Crippen LogP contribution in [0.4, 0.5) is 0 Å². The Kier molecular flexibility index (Phi) is 4.77. The van der Waals surface area contributed by atoms with Crippen molar-refractivity contribution in [3.8, 4) is 5.75 Å². The molecule has 1 atom stereocenters. The van der Waals surface area contributed by atoms with Crippen LogP contribution < -0.4 is 4.74 Å². The second-order valence-electron chi connectivity index (χ2n) is 4.37. The average Bonchev–Trinajstić information content (AvgIpc) is 2.16. The third-order valence-corrected chi connectivity index (χ3v) is 2.42. The molecule has 0 aromatic heterocycles. The highest BCUT2D eigenvalue weighted by molar-refractivity contribution is 5.38. The summed E-state index contributed by atoms with van der Waals surface area (Å²) < 4.78 is 5.69. The molecule has 90 valence electrons. The second kappa shape index (κ2) is 5.87. The van der Waals surface area contributed by atoms with E-state index in [1.807, 2.05) is 39.2 Å². The first-order valence-corrected chi connectivity index (χ1v) is 5.57. The molecule has 1 aromatic carbocycles. The summed E-state index contributed by atoms with van der Waals surface area (Å²) in [6, 6.07) is 5.88. The van der Waals surface area contributed by atoms with Crippen molar-refractivity contribution in [1.82, 2.24) is 4.90 Å². The van der Waals surface area contributed by atoms with E-state index in [4.69, 9.17) is 4.74 Å². The van der Waals surface area contributed by atoms with Crippen LogP contribution in [0.15, 0.2) is 18.2 Å². The van der Waals surface area contributed by atoms with Crippen molar-refractivity contribution in [3.63, 3.8) is 0 Å². The van der Waals surface area contributed by atoms with E-state index in [2.05, 4.69) is 4.90 Å². The van der Waals surface area contributed by atoms with Crippen LogP contribution in [0.1, 0.15) is 24.2 Å². The lowest BCUT2D eigenvalue weighted by atomic mass is 10.1. The van der Waals surface area contributed by atoms with E-state index in [-0.39, 0.29) is 0 Å². The Hall–Kier alpha value is -1.06. The summed E-state index contributed by atoms with van der Waals surface area (Å²) in [6.07, 6.45) is -0.491. The zero-order valence-electron chi connectivity index (χ0n) is 10.5. The van der Waals surface area contributed by atoms with Crippen molar-refractivity contribution in [3.05, 3.63) is 29.3 Å². The van der Waals surface area contributed by atoms with Gasteiger partial charge >= 0.3 is 0 Å². The van der Waals surface area contributed by atoms with Gasteiger partial charge in [0.25, 0.3) is 0 Å². The van der Waals surface area contributed by atoms with Crippen molar-refractivity contribution >= 4 is 0 Å². The van der Waals surface area contributed by atoms with Crippen LogP contribution in [-0.2, 0) is 0 Å². The summed E-state index contributed by atoms with van der Waals surface area (Å²) >= 11 is 0. The second-order valence-corrected chi connectivity index (χ2v) is 4.37. The molecule has 16 heavy (non-hydrogen) atoms. The minimum atomic E-state index is -0.491. The highest BCUT2D eigenvalue weighted by Gasteiger charge is 2.09. The fourth-order valence-corrected chi connectivity index (χ4v) is 1.45. The van der Waals surface area contributed by atoms with Crippen LogP contribution in [0.2, 0.25) is 0 Å². The Bertz CT molecular complexity index is 335. The number of rotatable bonds is 5. The highest BCUT2D eigenvalue weighted by atomic mass is 16.5. The van der Waals surface area contributed by atoms with E-state index in [0.29, 0.717) is 6.61 Å². The van der Waals surface area contributed by atoms with E-state index in [1.54, 1.807) is 6.92 Å². The van der Waals surface area contributed by atoms with Gasteiger partial charge in [-0.25, -0.2) is 0 Å². The average molecular weight is 223 g/mol. The first-order valence-electron chi connectivity index (χ1n) is 5.57. The lowest BCUT2D eigenvalue weighted by molar-refractivity contribution is 0.188. The van der Waals surface area contributed by atoms with Crippen LogP contribution in [0.3, 0.4) is 0 Å². The lowest BCUT2D eigenvalue weighted by Crippen LogP contribution is -2.19. The molecule has 0 fully saturated rings. The van der Waals surface area contributed by atoms with E-state index < -0.39 is 6.10 Å². The fourth-order valence-electron chi connectivity index (χ4n) is 1.45. The molecule has 0 unspecified atom stereocenters. The number of hydrogen-bond acceptors (Lipinski definition) is 3. The van der Waals surface area contributed by atoms with Crippen molar-refractivity contribution < 1.29 is 9.84 Å². The van der Waals surface area contributed by atoms with Crippen molar-refractivity contribution in [1.29, 1.82) is 0 Å². The van der Waals surface area contributed by atoms with Crippen molar-refractivity contribution in [2.45, 2.75) is 20.0 Å². The maximum absolute atomic E-state index is 9.61. The zero-order valence-corrected chi connectivity index (χ0v) is 10.5. The monoisotopic (exact) mass is 223 g/mol. The SMILES string of the molecule is Cc1ccc([C@H](C)O)c(OCCN(C)C)c1. The summed E-state index contributed by atoms with van der Waals surface area (Å²) in [5.41, 5.74) is 1.99. The van der Waals surface area contributed by atoms with Gasteiger partial charge in [0, 0.05) is 12.1 Å². The Morgan fingerprint density at radius 2 is 2.06 bits per heavy atom. The lowest BCUT2D eigenvalue weighted by Gasteiger charge is -2.16. The van der Waals surface area contributed by atoms with E-state index in [0.717, 1.165) is 23.4 Å². The topological polar surface area (TPSA) is 32.7 Å². The molecule has 0 radical (unpaired) electrons. The summed E-state index contributed by atoms with van der Waals surface area (Å²) in [6.45, 7) is 5.28. The van der Waals surface area contributed by atoms with Gasteiger partial charge in [0.15, 0.2) is 0 Å². The number of aliphatic hydroxyl groups is 1. The Morgan fingerprint density at radius 1 is 1.38 bits per heavy atom. The van der Waals surface area contributed by atoms with Crippen LogP contribution in [0, 0.1) is 6.92 Å². The molecule has 0 aliphatic carbocycles. The summed E-state index contributed by atoms with van der Waals surface area (Å²) in [5, 5.41) is 9.61. The molecule has 3 heteroatoms. The van der Waals surface area contributed by atoms with Gasteiger partial charge in [0.1, 0.15) is 12.4 Å². The third kappa shape index (κ3) is 3.83. The zero-order chi connectivity index (χ0) is 12.1. The third-order valence-electron chi connectivity index (χ3n) is 2.42. The molecule has 0 heterocycles. The number of ether oxygens (including phenoxy) is 1. The van der Waals surface area contributed by atoms with Gasteiger partial charge in [-0.1, -0.05) is 12.1 Å². The molecule has 3 nitrogen and oxygen atoms in total. The standard InChI is InChI=1S/C13H21NO2/c1-10-5-6-12(11(2)15)13(9-10)16-8-7-14(3)4/h5-6,9,11,15H,7-8H2,1-4H3/t11-/m0/s1. The first kappa shape index (κ1) is 13.0. The summed E-state index contributed by atoms with van der Waals surface area (Å²) in [5.74, 6) is 0.789. The van der Waals surface area contributed by atoms with E-state index in [9.17, 15) is 5.11 Å². The largest absolute Gasteiger partial charge is 0.492 e. The van der Waals surface area contributed by atoms with Gasteiger partial charge in [-0.3, -0.25) is 0 Å². The van der Waals surface area contributed by atoms with Gasteiger partial charge in [-0.05, 0) is 39.6 Å². The van der Waals surface area contributed by atoms with Gasteiger partial charge in [-0.2, -0.15) is 0 Å². The van der Waals surface area contributed by atoms with E-state index in [1.165, 1.54) is 0 Å². The predicted molar refractivity (Wildman–Crippen MR) is 65.9 cm³/mol. The number of hydrogen-bond donors (Lipinski definition) is 1. The van der Waals surface area contributed by atoms with Gasteiger partial charge < -0.3 is 14.7 Å². The normalized spacial score (nSPS) is 12.9. The smallest absolute Gasteiger partial charge is 0.125 e. The fraction of sp³-hybridized carbons (Fsp3) is 0.538. The molecule has 0 aliphatic rings. The Balaban J connectivity index is 2.72. The molecule has 0 saturated carbocycles. The van der Waals surface area contributed by atoms with Gasteiger partial charge in [-0.15, -0.1) is 0 Å². The van der Waals surface area contributed by atoms with Crippen LogP contribution in [0.25, 0.3) is 0 Å². The number of likely N-dealkylation sites (N-methyl/N-ethyl adjacent to an activating group) is 1. The molecule has 1 rings (SSSR count). The van der Waals surface area contributed by atoms with Gasteiger partial charge in [0.05, 0.1) is 6.10 Å². The molecule has 0 spiro atoms. The predicted octanol–water partition coefficient (Wildman–Crippen LogP) is 1.99. The number of benzene rings is 1. The minimum absolute atomic E-state index is 0.491. The van der Waals surface area contributed by atoms with Gasteiger partial charge in [0.2, 0.25) is 0 Å². The molecule has 1 aromatic rings. The Morgan fingerprint density at radius 3 is 2.62 bits per heavy atom. The van der Waals surface area contributed by atoms with Crippen LogP contribution in [-0.4, -0.2) is 37.3 Å². The maximum atomic E-state index is 9.61. The summed E-state index contributed by atoms with van der Waals surface area (Å²) in [4.78, 5) is 2.07. The Labute approximate surface area is 97.7 Å². The molecule has 0 bridgehead atoms. The number of aliphatic hydroxyl groups excluding tert-OH is 1. The number of nitrogens with zero attached hydrogens (tertiary/aromatic N) is 1.